The van der Waals surface area contributed by atoms with E-state index in [0.29, 0.717) is 12.1 Å². The Morgan fingerprint density at radius 1 is 1.06 bits per heavy atom. The third kappa shape index (κ3) is 2.85. The van der Waals surface area contributed by atoms with E-state index in [-0.39, 0.29) is 5.33 Å². The Hall–Kier alpha value is -1.05. The average Bonchev–Trinajstić information content (AvgIpc) is 2.24. The van der Waals surface area contributed by atoms with Gasteiger partial charge in [0.15, 0.2) is 6.29 Å². The van der Waals surface area contributed by atoms with Crippen molar-refractivity contribution in [2.45, 2.75) is 17.7 Å². The minimum Gasteiger partial charge on any atom is -0.298 e. The molecule has 0 fully saturated rings. The minimum atomic E-state index is -5.03. The summed E-state index contributed by atoms with van der Waals surface area (Å²) >= 11 is 2.74. The Kier molecular flexibility index (Phi) is 4.09. The van der Waals surface area contributed by atoms with Crippen molar-refractivity contribution in [1.82, 2.24) is 0 Å². The van der Waals surface area contributed by atoms with Gasteiger partial charge < -0.3 is 0 Å². The lowest BCUT2D eigenvalue weighted by Crippen LogP contribution is -2.18. The standard InChI is InChI=1S/C10H5BrF6O/c11-3-5-1-2-7(9(12,13)14)6(4-18)8(5)10(15,16)17/h1-2,4H,3H2. The molecule has 0 bridgehead atoms. The first-order chi connectivity index (χ1) is 8.12. The number of hydrogen-bond donors (Lipinski definition) is 0. The van der Waals surface area contributed by atoms with E-state index in [1.165, 1.54) is 0 Å². The second-order valence-electron chi connectivity index (χ2n) is 3.31. The maximum atomic E-state index is 12.7. The number of rotatable bonds is 2. The Morgan fingerprint density at radius 3 is 1.94 bits per heavy atom. The monoisotopic (exact) mass is 334 g/mol. The van der Waals surface area contributed by atoms with Crippen LogP contribution in [-0.4, -0.2) is 6.29 Å². The normalized spacial score (nSPS) is 12.6. The van der Waals surface area contributed by atoms with Crippen molar-refractivity contribution in [3.05, 3.63) is 34.4 Å². The van der Waals surface area contributed by atoms with Crippen molar-refractivity contribution in [2.24, 2.45) is 0 Å². The second-order valence-corrected chi connectivity index (χ2v) is 3.87. The van der Waals surface area contributed by atoms with Crippen LogP contribution in [0.4, 0.5) is 26.3 Å². The van der Waals surface area contributed by atoms with E-state index in [9.17, 15) is 31.1 Å². The summed E-state index contributed by atoms with van der Waals surface area (Å²) in [6, 6.07) is 1.17. The molecule has 0 atom stereocenters. The quantitative estimate of drug-likeness (QED) is 0.444. The molecule has 18 heavy (non-hydrogen) atoms. The van der Waals surface area contributed by atoms with Crippen LogP contribution < -0.4 is 0 Å². The van der Waals surface area contributed by atoms with E-state index in [1.54, 1.807) is 0 Å². The smallest absolute Gasteiger partial charge is 0.298 e. The van der Waals surface area contributed by atoms with Gasteiger partial charge in [-0.05, 0) is 11.6 Å². The number of carbonyl (C=O) groups is 1. The summed E-state index contributed by atoms with van der Waals surface area (Å²) in [5, 5.41) is -0.305. The number of hydrogen-bond acceptors (Lipinski definition) is 1. The Balaban J connectivity index is 3.69. The highest BCUT2D eigenvalue weighted by atomic mass is 79.9. The van der Waals surface area contributed by atoms with E-state index in [4.69, 9.17) is 0 Å². The number of aldehydes is 1. The van der Waals surface area contributed by atoms with Gasteiger partial charge in [-0.1, -0.05) is 22.0 Å². The number of benzene rings is 1. The zero-order chi connectivity index (χ0) is 14.1. The van der Waals surface area contributed by atoms with Gasteiger partial charge in [-0.25, -0.2) is 0 Å². The van der Waals surface area contributed by atoms with E-state index in [0.717, 1.165) is 0 Å². The molecule has 0 N–H and O–H groups in total. The van der Waals surface area contributed by atoms with Gasteiger partial charge in [-0.15, -0.1) is 0 Å². The van der Waals surface area contributed by atoms with Crippen LogP contribution in [0.1, 0.15) is 27.0 Å². The summed E-state index contributed by atoms with van der Waals surface area (Å²) in [7, 11) is 0. The highest BCUT2D eigenvalue weighted by Gasteiger charge is 2.42. The van der Waals surface area contributed by atoms with Crippen LogP contribution >= 0.6 is 15.9 Å². The molecule has 0 aliphatic carbocycles. The van der Waals surface area contributed by atoms with Crippen molar-refractivity contribution in [2.75, 3.05) is 0 Å². The number of halogens is 7. The van der Waals surface area contributed by atoms with E-state index in [2.05, 4.69) is 15.9 Å². The van der Waals surface area contributed by atoms with Crippen LogP contribution in [-0.2, 0) is 17.7 Å². The molecule has 1 nitrogen and oxygen atoms in total. The van der Waals surface area contributed by atoms with E-state index >= 15 is 0 Å². The van der Waals surface area contributed by atoms with Crippen molar-refractivity contribution < 1.29 is 31.1 Å². The van der Waals surface area contributed by atoms with Crippen LogP contribution in [0.5, 0.6) is 0 Å². The minimum absolute atomic E-state index is 0.305. The lowest BCUT2D eigenvalue weighted by Gasteiger charge is -2.18. The van der Waals surface area contributed by atoms with Gasteiger partial charge in [0.05, 0.1) is 11.1 Å². The maximum absolute atomic E-state index is 12.7. The van der Waals surface area contributed by atoms with Gasteiger partial charge >= 0.3 is 12.4 Å². The zero-order valence-electron chi connectivity index (χ0n) is 8.49. The van der Waals surface area contributed by atoms with Gasteiger partial charge in [-0.3, -0.25) is 4.79 Å². The van der Waals surface area contributed by atoms with Gasteiger partial charge in [0.2, 0.25) is 0 Å². The summed E-state index contributed by atoms with van der Waals surface area (Å²) in [6.07, 6.45) is -10.5. The molecule has 1 aromatic carbocycles. The summed E-state index contributed by atoms with van der Waals surface area (Å²) in [5.41, 5.74) is -4.94. The lowest BCUT2D eigenvalue weighted by atomic mass is 9.96. The molecule has 0 aromatic heterocycles. The fourth-order valence-corrected chi connectivity index (χ4v) is 1.95. The van der Waals surface area contributed by atoms with Gasteiger partial charge in [0.25, 0.3) is 0 Å². The molecule has 0 saturated heterocycles. The molecule has 0 radical (unpaired) electrons. The van der Waals surface area contributed by atoms with Crippen molar-refractivity contribution >= 4 is 22.2 Å². The Morgan fingerprint density at radius 2 is 1.61 bits per heavy atom. The molecule has 8 heteroatoms. The average molecular weight is 335 g/mol. The highest BCUT2D eigenvalue weighted by molar-refractivity contribution is 9.08. The second kappa shape index (κ2) is 4.91. The maximum Gasteiger partial charge on any atom is 0.417 e. The molecular formula is C10H5BrF6O. The predicted octanol–water partition coefficient (Wildman–Crippen LogP) is 4.43. The van der Waals surface area contributed by atoms with Gasteiger partial charge in [-0.2, -0.15) is 26.3 Å². The Labute approximate surface area is 106 Å². The first kappa shape index (κ1) is 15.0. The summed E-state index contributed by atoms with van der Waals surface area (Å²) < 4.78 is 75.6. The van der Waals surface area contributed by atoms with Crippen molar-refractivity contribution in [1.29, 1.82) is 0 Å². The SMILES string of the molecule is O=Cc1c(C(F)(F)F)ccc(CBr)c1C(F)(F)F. The van der Waals surface area contributed by atoms with Crippen LogP contribution in [0, 0.1) is 0 Å². The molecule has 0 aliphatic rings. The molecule has 0 aliphatic heterocycles. The number of carbonyl (C=O) groups excluding carboxylic acids is 1. The van der Waals surface area contributed by atoms with E-state index in [1.807, 2.05) is 0 Å². The fraction of sp³-hybridized carbons (Fsp3) is 0.300. The first-order valence-electron chi connectivity index (χ1n) is 4.44. The molecule has 1 aromatic rings. The summed E-state index contributed by atoms with van der Waals surface area (Å²) in [6.45, 7) is 0. The Bertz CT molecular complexity index is 463. The fourth-order valence-electron chi connectivity index (χ4n) is 1.48. The van der Waals surface area contributed by atoms with Gasteiger partial charge in [0, 0.05) is 10.9 Å². The molecule has 100 valence electrons. The van der Waals surface area contributed by atoms with Crippen molar-refractivity contribution in [3.8, 4) is 0 Å². The topological polar surface area (TPSA) is 17.1 Å². The lowest BCUT2D eigenvalue weighted by molar-refractivity contribution is -0.143. The summed E-state index contributed by atoms with van der Waals surface area (Å²) in [4.78, 5) is 10.6. The zero-order valence-corrected chi connectivity index (χ0v) is 10.1. The predicted molar refractivity (Wildman–Crippen MR) is 54.5 cm³/mol. The molecule has 0 spiro atoms. The third-order valence-electron chi connectivity index (χ3n) is 2.18. The molecule has 0 amide bonds. The third-order valence-corrected chi connectivity index (χ3v) is 2.79. The summed E-state index contributed by atoms with van der Waals surface area (Å²) in [5.74, 6) is 0. The molecule has 1 rings (SSSR count). The van der Waals surface area contributed by atoms with Crippen LogP contribution in [0.25, 0.3) is 0 Å². The number of alkyl halides is 7. The molecule has 0 saturated carbocycles. The molecule has 0 heterocycles. The van der Waals surface area contributed by atoms with Crippen LogP contribution in [0.3, 0.4) is 0 Å². The van der Waals surface area contributed by atoms with Crippen LogP contribution in [0.15, 0.2) is 12.1 Å². The molecule has 0 unspecified atom stereocenters. The van der Waals surface area contributed by atoms with Crippen molar-refractivity contribution in [3.63, 3.8) is 0 Å². The van der Waals surface area contributed by atoms with Crippen LogP contribution in [0.2, 0.25) is 0 Å². The largest absolute Gasteiger partial charge is 0.417 e. The molecular weight excluding hydrogens is 330 g/mol. The van der Waals surface area contributed by atoms with Gasteiger partial charge in [0.1, 0.15) is 0 Å². The first-order valence-corrected chi connectivity index (χ1v) is 5.56. The van der Waals surface area contributed by atoms with E-state index < -0.39 is 40.9 Å². The highest BCUT2D eigenvalue weighted by Crippen LogP contribution is 2.40.